The van der Waals surface area contributed by atoms with E-state index in [1.807, 2.05) is 13.0 Å². The normalized spacial score (nSPS) is 11.4. The van der Waals surface area contributed by atoms with Gasteiger partial charge in [-0.3, -0.25) is 15.1 Å². The average Bonchev–Trinajstić information content (AvgIpc) is 2.76. The van der Waals surface area contributed by atoms with E-state index in [1.54, 1.807) is 23.5 Å². The first-order valence-electron chi connectivity index (χ1n) is 6.68. The van der Waals surface area contributed by atoms with Crippen LogP contribution in [-0.4, -0.2) is 9.91 Å². The van der Waals surface area contributed by atoms with Gasteiger partial charge in [-0.2, -0.15) is 0 Å². The second kappa shape index (κ2) is 5.24. The van der Waals surface area contributed by atoms with E-state index >= 15 is 0 Å². The molecule has 0 atom stereocenters. The Balaban J connectivity index is 2.39. The Hall–Kier alpha value is -1.72. The molecule has 0 saturated heterocycles. The quantitative estimate of drug-likeness (QED) is 0.488. The molecule has 0 spiro atoms. The molecule has 3 rings (SSSR count). The molecule has 0 aliphatic rings. The minimum atomic E-state index is -0.442. The molecule has 0 aliphatic heterocycles. The molecule has 0 radical (unpaired) electrons. The van der Waals surface area contributed by atoms with E-state index in [4.69, 9.17) is 11.6 Å². The molecule has 0 N–H and O–H groups in total. The maximum absolute atomic E-state index is 11.0. The first kappa shape index (κ1) is 14.2. The number of benzene rings is 1. The Morgan fingerprint density at radius 3 is 2.76 bits per heavy atom. The molecule has 2 heterocycles. The Bertz CT molecular complexity index is 873. The van der Waals surface area contributed by atoms with E-state index in [2.05, 4.69) is 11.9 Å². The van der Waals surface area contributed by atoms with Gasteiger partial charge in [0.1, 0.15) is 5.02 Å². The van der Waals surface area contributed by atoms with E-state index in [0.29, 0.717) is 0 Å². The van der Waals surface area contributed by atoms with Crippen molar-refractivity contribution in [2.45, 2.75) is 26.7 Å². The third-order valence-corrected chi connectivity index (χ3v) is 4.93. The van der Waals surface area contributed by atoms with Gasteiger partial charge in [0.2, 0.25) is 0 Å². The molecule has 6 heteroatoms. The summed E-state index contributed by atoms with van der Waals surface area (Å²) < 4.78 is 1.99. The lowest BCUT2D eigenvalue weighted by Gasteiger charge is -2.02. The number of aromatic nitrogens is 1. The summed E-state index contributed by atoms with van der Waals surface area (Å²) in [5.74, 6) is 0. The van der Waals surface area contributed by atoms with Gasteiger partial charge in [-0.25, -0.2) is 0 Å². The van der Waals surface area contributed by atoms with Crippen LogP contribution in [0.1, 0.15) is 24.7 Å². The summed E-state index contributed by atoms with van der Waals surface area (Å²) in [5.41, 5.74) is 1.98. The summed E-state index contributed by atoms with van der Waals surface area (Å²) in [6, 6.07) is 5.28. The first-order valence-corrected chi connectivity index (χ1v) is 7.87. The van der Waals surface area contributed by atoms with Crippen LogP contribution in [0.25, 0.3) is 20.2 Å². The molecule has 4 nitrogen and oxygen atoms in total. The van der Waals surface area contributed by atoms with Gasteiger partial charge in [0, 0.05) is 27.2 Å². The van der Waals surface area contributed by atoms with Gasteiger partial charge in [-0.1, -0.05) is 24.9 Å². The summed E-state index contributed by atoms with van der Waals surface area (Å²) in [6.07, 6.45) is 1.92. The second-order valence-electron chi connectivity index (χ2n) is 5.00. The molecule has 0 amide bonds. The number of rotatable bonds is 3. The number of fused-ring (bicyclic) bond motifs is 3. The molecule has 0 bridgehead atoms. The van der Waals surface area contributed by atoms with Crippen molar-refractivity contribution in [3.8, 4) is 0 Å². The van der Waals surface area contributed by atoms with E-state index in [9.17, 15) is 10.1 Å². The van der Waals surface area contributed by atoms with Crippen LogP contribution in [0, 0.1) is 17.0 Å². The molecule has 108 valence electrons. The maximum atomic E-state index is 11.0. The van der Waals surface area contributed by atoms with E-state index in [0.717, 1.165) is 44.4 Å². The standard InChI is InChI=1S/C15H13ClN2O2S/c1-3-4-12-15-10(5-8(2)17-12)9-6-11(16)13(18(19)20)7-14(9)21-15/h5-7H,3-4H2,1-2H3. The Kier molecular flexibility index (Phi) is 3.55. The summed E-state index contributed by atoms with van der Waals surface area (Å²) in [6.45, 7) is 4.08. The van der Waals surface area contributed by atoms with Gasteiger partial charge in [0.25, 0.3) is 5.69 Å². The number of thiophene rings is 1. The molecule has 0 aliphatic carbocycles. The predicted molar refractivity (Wildman–Crippen MR) is 87.5 cm³/mol. The zero-order valence-electron chi connectivity index (χ0n) is 11.6. The van der Waals surface area contributed by atoms with Crippen molar-refractivity contribution in [1.82, 2.24) is 4.98 Å². The monoisotopic (exact) mass is 320 g/mol. The highest BCUT2D eigenvalue weighted by Gasteiger charge is 2.18. The first-order chi connectivity index (χ1) is 10.0. The van der Waals surface area contributed by atoms with Crippen molar-refractivity contribution in [2.75, 3.05) is 0 Å². The zero-order chi connectivity index (χ0) is 15.1. The summed E-state index contributed by atoms with van der Waals surface area (Å²) in [5, 5.41) is 13.2. The number of halogens is 1. The third kappa shape index (κ3) is 2.36. The minimum absolute atomic E-state index is 0.0440. The van der Waals surface area contributed by atoms with Crippen molar-refractivity contribution >= 4 is 48.8 Å². The van der Waals surface area contributed by atoms with Gasteiger partial charge in [-0.15, -0.1) is 11.3 Å². The van der Waals surface area contributed by atoms with Crippen molar-refractivity contribution in [3.05, 3.63) is 44.7 Å². The highest BCUT2D eigenvalue weighted by atomic mass is 35.5. The van der Waals surface area contributed by atoms with Crippen molar-refractivity contribution < 1.29 is 4.92 Å². The molecule has 0 fully saturated rings. The lowest BCUT2D eigenvalue weighted by Crippen LogP contribution is -1.91. The van der Waals surface area contributed by atoms with E-state index in [1.165, 1.54) is 0 Å². The molecule has 21 heavy (non-hydrogen) atoms. The molecule has 0 saturated carbocycles. The summed E-state index contributed by atoms with van der Waals surface area (Å²) >= 11 is 7.60. The van der Waals surface area contributed by atoms with Crippen LogP contribution in [0.3, 0.4) is 0 Å². The fourth-order valence-electron chi connectivity index (χ4n) is 2.53. The minimum Gasteiger partial charge on any atom is -0.258 e. The topological polar surface area (TPSA) is 56.0 Å². The highest BCUT2D eigenvalue weighted by Crippen LogP contribution is 2.40. The van der Waals surface area contributed by atoms with Crippen LogP contribution in [0.5, 0.6) is 0 Å². The largest absolute Gasteiger partial charge is 0.289 e. The predicted octanol–water partition coefficient (Wildman–Crippen LogP) is 5.27. The van der Waals surface area contributed by atoms with Gasteiger partial charge in [0.15, 0.2) is 0 Å². The van der Waals surface area contributed by atoms with Crippen LogP contribution in [-0.2, 0) is 6.42 Å². The molecular formula is C15H13ClN2O2S. The average molecular weight is 321 g/mol. The second-order valence-corrected chi connectivity index (χ2v) is 6.46. The number of nitro benzene ring substituents is 1. The number of nitro groups is 1. The maximum Gasteiger partial charge on any atom is 0.289 e. The summed E-state index contributed by atoms with van der Waals surface area (Å²) in [4.78, 5) is 15.2. The number of nitrogens with zero attached hydrogens (tertiary/aromatic N) is 2. The van der Waals surface area contributed by atoms with Crippen molar-refractivity contribution in [1.29, 1.82) is 0 Å². The fraction of sp³-hybridized carbons (Fsp3) is 0.267. The lowest BCUT2D eigenvalue weighted by atomic mass is 10.1. The zero-order valence-corrected chi connectivity index (χ0v) is 13.2. The number of hydrogen-bond acceptors (Lipinski definition) is 4. The molecular weight excluding hydrogens is 308 g/mol. The molecule has 1 aromatic carbocycles. The molecule has 0 unspecified atom stereocenters. The molecule has 2 aromatic heterocycles. The highest BCUT2D eigenvalue weighted by molar-refractivity contribution is 7.26. The Morgan fingerprint density at radius 1 is 1.33 bits per heavy atom. The number of aryl methyl sites for hydroxylation is 2. The van der Waals surface area contributed by atoms with Crippen molar-refractivity contribution in [2.24, 2.45) is 0 Å². The van der Waals surface area contributed by atoms with Gasteiger partial charge < -0.3 is 0 Å². The Labute approximate surface area is 130 Å². The van der Waals surface area contributed by atoms with Crippen LogP contribution >= 0.6 is 22.9 Å². The van der Waals surface area contributed by atoms with E-state index in [-0.39, 0.29) is 10.7 Å². The summed E-state index contributed by atoms with van der Waals surface area (Å²) in [7, 11) is 0. The van der Waals surface area contributed by atoms with Crippen LogP contribution in [0.2, 0.25) is 5.02 Å². The SMILES string of the molecule is CCCc1nc(C)cc2c1sc1cc([N+](=O)[O-])c(Cl)cc12. The fourth-order valence-corrected chi connectivity index (χ4v) is 3.98. The van der Waals surface area contributed by atoms with Gasteiger partial charge in [-0.05, 0) is 25.5 Å². The van der Waals surface area contributed by atoms with Crippen LogP contribution in [0.4, 0.5) is 5.69 Å². The smallest absolute Gasteiger partial charge is 0.258 e. The van der Waals surface area contributed by atoms with Crippen LogP contribution < -0.4 is 0 Å². The van der Waals surface area contributed by atoms with E-state index < -0.39 is 4.92 Å². The third-order valence-electron chi connectivity index (χ3n) is 3.41. The van der Waals surface area contributed by atoms with Crippen LogP contribution in [0.15, 0.2) is 18.2 Å². The van der Waals surface area contributed by atoms with Crippen molar-refractivity contribution in [3.63, 3.8) is 0 Å². The van der Waals surface area contributed by atoms with Gasteiger partial charge in [0.05, 0.1) is 15.3 Å². The number of hydrogen-bond donors (Lipinski definition) is 0. The Morgan fingerprint density at radius 2 is 2.10 bits per heavy atom. The molecule has 3 aromatic rings. The van der Waals surface area contributed by atoms with Gasteiger partial charge >= 0.3 is 0 Å². The number of pyridine rings is 1. The lowest BCUT2D eigenvalue weighted by molar-refractivity contribution is -0.384.